The molecule has 0 unspecified atom stereocenters. The Morgan fingerprint density at radius 3 is 2.38 bits per heavy atom. The van der Waals surface area contributed by atoms with Gasteiger partial charge in [-0.15, -0.1) is 11.3 Å². The zero-order chi connectivity index (χ0) is 15.8. The quantitative estimate of drug-likeness (QED) is 0.879. The molecule has 2 aromatic rings. The first kappa shape index (κ1) is 17.0. The second-order valence-electron chi connectivity index (χ2n) is 3.68. The molecule has 0 saturated heterocycles. The number of hydrogen-bond donors (Lipinski definition) is 1. The lowest BCUT2D eigenvalue weighted by Crippen LogP contribution is -2.10. The Kier molecular flexibility index (Phi) is 6.71. The number of primary amides is 1. The normalized spacial score (nSPS) is 9.29. The maximum Gasteiger partial charge on any atom is 0.348 e. The predicted molar refractivity (Wildman–Crippen MR) is 82.2 cm³/mol. The van der Waals surface area contributed by atoms with Crippen LogP contribution >= 0.6 is 22.9 Å². The predicted octanol–water partition coefficient (Wildman–Crippen LogP) is 2.98. The van der Waals surface area contributed by atoms with E-state index in [0.29, 0.717) is 21.2 Å². The van der Waals surface area contributed by atoms with Gasteiger partial charge in [-0.25, -0.2) is 4.79 Å². The molecule has 0 fully saturated rings. The third-order valence-corrected chi connectivity index (χ3v) is 3.49. The van der Waals surface area contributed by atoms with Gasteiger partial charge in [0.1, 0.15) is 10.6 Å². The van der Waals surface area contributed by atoms with Gasteiger partial charge in [0.2, 0.25) is 5.91 Å². The molecule has 112 valence electrons. The van der Waals surface area contributed by atoms with Crippen LogP contribution < -0.4 is 10.5 Å². The van der Waals surface area contributed by atoms with Crippen LogP contribution in [0.4, 0.5) is 0 Å². The van der Waals surface area contributed by atoms with E-state index in [1.54, 1.807) is 18.2 Å². The fourth-order valence-corrected chi connectivity index (χ4v) is 2.21. The largest absolute Gasteiger partial charge is 0.495 e. The van der Waals surface area contributed by atoms with Crippen molar-refractivity contribution in [1.82, 2.24) is 0 Å². The Balaban J connectivity index is 0.000000219. The minimum absolute atomic E-state index is 0.259. The average Bonchev–Trinajstić information content (AvgIpc) is 3.01. The van der Waals surface area contributed by atoms with E-state index in [0.717, 1.165) is 0 Å². The second kappa shape index (κ2) is 8.28. The van der Waals surface area contributed by atoms with Crippen molar-refractivity contribution >= 4 is 34.8 Å². The van der Waals surface area contributed by atoms with Crippen molar-refractivity contribution in [2.75, 3.05) is 14.2 Å². The van der Waals surface area contributed by atoms with Gasteiger partial charge >= 0.3 is 5.97 Å². The fourth-order valence-electron chi connectivity index (χ4n) is 1.31. The summed E-state index contributed by atoms with van der Waals surface area (Å²) in [4.78, 5) is 22.0. The summed E-state index contributed by atoms with van der Waals surface area (Å²) in [5.41, 5.74) is 5.41. The maximum absolute atomic E-state index is 10.7. The van der Waals surface area contributed by atoms with Crippen LogP contribution in [-0.2, 0) is 4.74 Å². The van der Waals surface area contributed by atoms with Crippen LogP contribution in [0.25, 0.3) is 0 Å². The third kappa shape index (κ3) is 5.09. The minimum atomic E-state index is -0.500. The lowest BCUT2D eigenvalue weighted by atomic mass is 10.2. The zero-order valence-corrected chi connectivity index (χ0v) is 13.0. The number of benzene rings is 1. The van der Waals surface area contributed by atoms with Gasteiger partial charge in [0, 0.05) is 5.56 Å². The van der Waals surface area contributed by atoms with Gasteiger partial charge in [0.05, 0.1) is 19.2 Å². The molecule has 0 aliphatic heterocycles. The molecule has 2 N–H and O–H groups in total. The van der Waals surface area contributed by atoms with E-state index >= 15 is 0 Å². The topological polar surface area (TPSA) is 78.6 Å². The summed E-state index contributed by atoms with van der Waals surface area (Å²) in [5, 5.41) is 2.22. The van der Waals surface area contributed by atoms with Gasteiger partial charge in [-0.3, -0.25) is 4.79 Å². The number of esters is 1. The molecule has 0 spiro atoms. The number of nitrogens with two attached hydrogens (primary N) is 1. The van der Waals surface area contributed by atoms with Crippen molar-refractivity contribution in [2.45, 2.75) is 0 Å². The van der Waals surface area contributed by atoms with Crippen LogP contribution in [0.3, 0.4) is 0 Å². The molecule has 2 rings (SSSR count). The molecule has 7 heteroatoms. The van der Waals surface area contributed by atoms with Crippen LogP contribution in [-0.4, -0.2) is 26.1 Å². The molecular formula is C14H14ClNO4S. The molecule has 1 aromatic carbocycles. The molecule has 0 bridgehead atoms. The lowest BCUT2D eigenvalue weighted by Gasteiger charge is -2.02. The molecular weight excluding hydrogens is 314 g/mol. The molecule has 0 radical (unpaired) electrons. The number of hydrogen-bond acceptors (Lipinski definition) is 5. The van der Waals surface area contributed by atoms with E-state index in [2.05, 4.69) is 4.74 Å². The van der Waals surface area contributed by atoms with Crippen molar-refractivity contribution in [3.05, 3.63) is 51.2 Å². The van der Waals surface area contributed by atoms with Crippen LogP contribution in [0.1, 0.15) is 20.0 Å². The Morgan fingerprint density at radius 1 is 1.24 bits per heavy atom. The molecule has 21 heavy (non-hydrogen) atoms. The van der Waals surface area contributed by atoms with Crippen LogP contribution in [0, 0.1) is 0 Å². The van der Waals surface area contributed by atoms with E-state index in [9.17, 15) is 9.59 Å². The molecule has 0 aliphatic rings. The zero-order valence-electron chi connectivity index (χ0n) is 11.5. The van der Waals surface area contributed by atoms with E-state index in [-0.39, 0.29) is 5.97 Å². The minimum Gasteiger partial charge on any atom is -0.495 e. The molecule has 1 heterocycles. The maximum atomic E-state index is 10.7. The SMILES string of the molecule is COC(=O)c1cccs1.COc1ccc(C(N)=O)cc1Cl. The number of rotatable bonds is 3. The summed E-state index contributed by atoms with van der Waals surface area (Å²) in [6.45, 7) is 0. The fraction of sp³-hybridized carbons (Fsp3) is 0.143. The Morgan fingerprint density at radius 2 is 1.95 bits per heavy atom. The van der Waals surface area contributed by atoms with Crippen molar-refractivity contribution in [3.8, 4) is 5.75 Å². The summed E-state index contributed by atoms with van der Waals surface area (Å²) in [6, 6.07) is 8.19. The molecule has 5 nitrogen and oxygen atoms in total. The van der Waals surface area contributed by atoms with Gasteiger partial charge in [-0.2, -0.15) is 0 Å². The number of halogens is 1. The highest BCUT2D eigenvalue weighted by Crippen LogP contribution is 2.24. The van der Waals surface area contributed by atoms with E-state index in [1.807, 2.05) is 11.4 Å². The number of ether oxygens (including phenoxy) is 2. The van der Waals surface area contributed by atoms with E-state index in [4.69, 9.17) is 22.1 Å². The monoisotopic (exact) mass is 327 g/mol. The number of thiophene rings is 1. The van der Waals surface area contributed by atoms with Crippen molar-refractivity contribution in [1.29, 1.82) is 0 Å². The lowest BCUT2D eigenvalue weighted by molar-refractivity contribution is 0.0606. The molecule has 0 atom stereocenters. The van der Waals surface area contributed by atoms with Gasteiger partial charge in [0.15, 0.2) is 0 Å². The van der Waals surface area contributed by atoms with E-state index < -0.39 is 5.91 Å². The standard InChI is InChI=1S/C8H8ClNO2.C6H6O2S/c1-12-7-3-2-5(8(10)11)4-6(7)9;1-8-6(7)5-3-2-4-9-5/h2-4H,1H3,(H2,10,11);2-4H,1H3. The van der Waals surface area contributed by atoms with Crippen molar-refractivity contribution in [3.63, 3.8) is 0 Å². The Bertz CT molecular complexity index is 613. The Labute approximate surface area is 131 Å². The smallest absolute Gasteiger partial charge is 0.348 e. The first-order valence-corrected chi connectivity index (χ1v) is 7.00. The molecule has 0 aliphatic carbocycles. The Hall–Kier alpha value is -2.05. The third-order valence-electron chi connectivity index (χ3n) is 2.34. The highest BCUT2D eigenvalue weighted by atomic mass is 35.5. The summed E-state index contributed by atoms with van der Waals surface area (Å²) < 4.78 is 9.36. The first-order chi connectivity index (χ1) is 9.99. The van der Waals surface area contributed by atoms with Crippen LogP contribution in [0.5, 0.6) is 5.75 Å². The average molecular weight is 328 g/mol. The number of carbonyl (C=O) groups is 2. The summed E-state index contributed by atoms with van der Waals surface area (Å²) in [6.07, 6.45) is 0. The summed E-state index contributed by atoms with van der Waals surface area (Å²) >= 11 is 7.12. The summed E-state index contributed by atoms with van der Waals surface area (Å²) in [5.74, 6) is -0.230. The van der Waals surface area contributed by atoms with Gasteiger partial charge in [-0.1, -0.05) is 17.7 Å². The summed E-state index contributed by atoms with van der Waals surface area (Å²) in [7, 11) is 2.88. The molecule has 1 amide bonds. The van der Waals surface area contributed by atoms with Crippen LogP contribution in [0.2, 0.25) is 5.02 Å². The molecule has 0 saturated carbocycles. The molecule has 1 aromatic heterocycles. The number of amides is 1. The van der Waals surface area contributed by atoms with E-state index in [1.165, 1.54) is 31.6 Å². The second-order valence-corrected chi connectivity index (χ2v) is 5.04. The number of carbonyl (C=O) groups excluding carboxylic acids is 2. The first-order valence-electron chi connectivity index (χ1n) is 5.74. The van der Waals surface area contributed by atoms with Gasteiger partial charge < -0.3 is 15.2 Å². The van der Waals surface area contributed by atoms with Crippen molar-refractivity contribution < 1.29 is 19.1 Å². The van der Waals surface area contributed by atoms with Gasteiger partial charge in [0.25, 0.3) is 0 Å². The highest BCUT2D eigenvalue weighted by molar-refractivity contribution is 7.11. The van der Waals surface area contributed by atoms with Crippen LogP contribution in [0.15, 0.2) is 35.7 Å². The highest BCUT2D eigenvalue weighted by Gasteiger charge is 2.04. The van der Waals surface area contributed by atoms with Crippen molar-refractivity contribution in [2.24, 2.45) is 5.73 Å². The number of methoxy groups -OCH3 is 2. The van der Waals surface area contributed by atoms with Gasteiger partial charge in [-0.05, 0) is 29.6 Å².